The van der Waals surface area contributed by atoms with Crippen LogP contribution in [-0.4, -0.2) is 36.5 Å². The lowest BCUT2D eigenvalue weighted by Crippen LogP contribution is -2.27. The van der Waals surface area contributed by atoms with Crippen molar-refractivity contribution < 1.29 is 23.4 Å². The maximum Gasteiger partial charge on any atom is 0.314 e. The molecule has 0 aromatic heterocycles. The Morgan fingerprint density at radius 1 is 1.12 bits per heavy atom. The summed E-state index contributed by atoms with van der Waals surface area (Å²) in [5, 5.41) is 18.7. The summed E-state index contributed by atoms with van der Waals surface area (Å²) in [5.41, 5.74) is -0.324. The molecule has 132 valence electrons. The van der Waals surface area contributed by atoms with Crippen molar-refractivity contribution in [2.45, 2.75) is 23.0 Å². The highest BCUT2D eigenvalue weighted by Gasteiger charge is 2.75. The minimum Gasteiger partial charge on any atom is -0.481 e. The first-order valence-corrected chi connectivity index (χ1v) is 9.58. The highest BCUT2D eigenvalue weighted by atomic mass is 35.5. The van der Waals surface area contributed by atoms with Crippen molar-refractivity contribution >= 4 is 27.4 Å². The number of hydrogen-bond acceptors (Lipinski definition) is 4. The quantitative estimate of drug-likeness (QED) is 0.832. The molecule has 3 unspecified atom stereocenters. The van der Waals surface area contributed by atoms with Crippen molar-refractivity contribution in [3.8, 4) is 0 Å². The average molecular weight is 381 g/mol. The lowest BCUT2D eigenvalue weighted by molar-refractivity contribution is -0.145. The second-order valence-electron chi connectivity index (χ2n) is 6.31. The number of aliphatic hydroxyl groups excluding tert-OH is 1. The zero-order chi connectivity index (χ0) is 18.4. The van der Waals surface area contributed by atoms with Crippen molar-refractivity contribution in [3.05, 3.63) is 64.7 Å². The van der Waals surface area contributed by atoms with E-state index in [0.717, 1.165) is 5.56 Å². The second kappa shape index (κ2) is 6.12. The maximum atomic E-state index is 13.0. The summed E-state index contributed by atoms with van der Waals surface area (Å²) in [5.74, 6) is -2.16. The molecule has 0 heterocycles. The zero-order valence-corrected chi connectivity index (χ0v) is 15.0. The normalized spacial score (nSPS) is 25.6. The van der Waals surface area contributed by atoms with Gasteiger partial charge in [0.15, 0.2) is 9.84 Å². The van der Waals surface area contributed by atoms with Gasteiger partial charge >= 0.3 is 5.97 Å². The molecule has 0 aliphatic heterocycles. The van der Waals surface area contributed by atoms with E-state index in [2.05, 4.69) is 0 Å². The van der Waals surface area contributed by atoms with Crippen LogP contribution < -0.4 is 0 Å². The first-order chi connectivity index (χ1) is 11.7. The summed E-state index contributed by atoms with van der Waals surface area (Å²) in [6.45, 7) is 1.07. The van der Waals surface area contributed by atoms with E-state index in [1.807, 2.05) is 6.92 Å². The Hall–Kier alpha value is -1.89. The fourth-order valence-electron chi connectivity index (χ4n) is 3.39. The molecule has 0 spiro atoms. The summed E-state index contributed by atoms with van der Waals surface area (Å²) in [4.78, 5) is 11.9. The molecule has 2 N–H and O–H groups in total. The van der Waals surface area contributed by atoms with E-state index >= 15 is 0 Å². The van der Waals surface area contributed by atoms with Crippen molar-refractivity contribution in [3.63, 3.8) is 0 Å². The predicted octanol–water partition coefficient (Wildman–Crippen LogP) is 2.65. The Balaban J connectivity index is 2.10. The molecule has 3 rings (SSSR count). The van der Waals surface area contributed by atoms with Gasteiger partial charge < -0.3 is 10.2 Å². The number of carbonyl (C=O) groups is 1. The summed E-state index contributed by atoms with van der Waals surface area (Å²) in [6.07, 6.45) is 0. The van der Waals surface area contributed by atoms with Gasteiger partial charge in [0.05, 0.1) is 16.8 Å². The van der Waals surface area contributed by atoms with E-state index < -0.39 is 39.0 Å². The zero-order valence-electron chi connectivity index (χ0n) is 13.4. The van der Waals surface area contributed by atoms with Gasteiger partial charge in [0.2, 0.25) is 0 Å². The molecule has 2 aromatic carbocycles. The molecule has 1 fully saturated rings. The molecule has 3 atom stereocenters. The number of aliphatic carboxylic acids is 1. The Labute approximate surface area is 150 Å². The monoisotopic (exact) mass is 380 g/mol. The Bertz CT molecular complexity index is 905. The number of benzene rings is 2. The van der Waals surface area contributed by atoms with E-state index in [0.29, 0.717) is 10.6 Å². The molecule has 7 heteroatoms. The van der Waals surface area contributed by atoms with Gasteiger partial charge in [-0.2, -0.15) is 0 Å². The lowest BCUT2D eigenvalue weighted by atomic mass is 10.0. The molecule has 1 aliphatic rings. The van der Waals surface area contributed by atoms with Gasteiger partial charge in [0.1, 0.15) is 5.41 Å². The summed E-state index contributed by atoms with van der Waals surface area (Å²) < 4.78 is 26.1. The number of halogens is 1. The molecular weight excluding hydrogens is 364 g/mol. The van der Waals surface area contributed by atoms with E-state index in [1.165, 1.54) is 12.1 Å². The number of carboxylic acids is 1. The Morgan fingerprint density at radius 3 is 2.16 bits per heavy atom. The highest BCUT2D eigenvalue weighted by molar-refractivity contribution is 7.92. The van der Waals surface area contributed by atoms with Crippen LogP contribution in [0.25, 0.3) is 0 Å². The fourth-order valence-corrected chi connectivity index (χ4v) is 5.88. The molecule has 0 saturated heterocycles. The SMILES string of the molecule is Cc1ccc(S(=O)(=O)C2C(c3ccc(Cl)cc3)C2(CO)C(=O)O)cc1. The molecular formula is C18H17ClO5S. The maximum absolute atomic E-state index is 13.0. The van der Waals surface area contributed by atoms with Crippen LogP contribution in [-0.2, 0) is 14.6 Å². The van der Waals surface area contributed by atoms with Gasteiger partial charge in [-0.05, 0) is 36.8 Å². The van der Waals surface area contributed by atoms with Crippen LogP contribution in [0.15, 0.2) is 53.4 Å². The molecule has 25 heavy (non-hydrogen) atoms. The van der Waals surface area contributed by atoms with E-state index in [9.17, 15) is 23.4 Å². The van der Waals surface area contributed by atoms with Crippen molar-refractivity contribution in [1.29, 1.82) is 0 Å². The van der Waals surface area contributed by atoms with Crippen LogP contribution in [0.3, 0.4) is 0 Å². The van der Waals surface area contributed by atoms with E-state index in [-0.39, 0.29) is 4.90 Å². The molecule has 0 bridgehead atoms. The number of rotatable bonds is 5. The fraction of sp³-hybridized carbons (Fsp3) is 0.278. The molecule has 2 aromatic rings. The van der Waals surface area contributed by atoms with Crippen LogP contribution in [0.1, 0.15) is 17.0 Å². The number of aryl methyl sites for hydroxylation is 1. The largest absolute Gasteiger partial charge is 0.481 e. The number of aliphatic hydroxyl groups is 1. The average Bonchev–Trinajstić information content (AvgIpc) is 3.27. The molecule has 0 radical (unpaired) electrons. The van der Waals surface area contributed by atoms with E-state index in [4.69, 9.17) is 11.6 Å². The van der Waals surface area contributed by atoms with E-state index in [1.54, 1.807) is 36.4 Å². The number of carboxylic acid groups (broad SMARTS) is 1. The molecule has 1 aliphatic carbocycles. The smallest absolute Gasteiger partial charge is 0.314 e. The minimum absolute atomic E-state index is 0.0543. The van der Waals surface area contributed by atoms with Gasteiger partial charge in [-0.1, -0.05) is 41.4 Å². The highest BCUT2D eigenvalue weighted by Crippen LogP contribution is 2.64. The molecule has 0 amide bonds. The third-order valence-corrected chi connectivity index (χ3v) is 7.37. The van der Waals surface area contributed by atoms with Gasteiger partial charge in [-0.15, -0.1) is 0 Å². The summed E-state index contributed by atoms with van der Waals surface area (Å²) in [7, 11) is -3.93. The van der Waals surface area contributed by atoms with Crippen LogP contribution in [0, 0.1) is 12.3 Å². The second-order valence-corrected chi connectivity index (χ2v) is 8.82. The van der Waals surface area contributed by atoms with Gasteiger partial charge in [0, 0.05) is 10.9 Å². The standard InChI is InChI=1S/C18H17ClO5S/c1-11-2-8-14(9-3-11)25(23,24)16-15(18(16,10-20)17(21)22)12-4-6-13(19)7-5-12/h2-9,15-16,20H,10H2,1H3,(H,21,22). The lowest BCUT2D eigenvalue weighted by Gasteiger charge is -2.09. The Morgan fingerprint density at radius 2 is 1.68 bits per heavy atom. The summed E-state index contributed by atoms with van der Waals surface area (Å²) in [6, 6.07) is 12.6. The minimum atomic E-state index is -3.93. The van der Waals surface area contributed by atoms with Crippen molar-refractivity contribution in [2.24, 2.45) is 5.41 Å². The molecule has 1 saturated carbocycles. The Kier molecular flexibility index (Phi) is 4.39. The summed E-state index contributed by atoms with van der Waals surface area (Å²) >= 11 is 5.86. The van der Waals surface area contributed by atoms with Gasteiger partial charge in [-0.25, -0.2) is 8.42 Å². The van der Waals surface area contributed by atoms with Gasteiger partial charge in [0.25, 0.3) is 0 Å². The predicted molar refractivity (Wildman–Crippen MR) is 93.5 cm³/mol. The molecule has 5 nitrogen and oxygen atoms in total. The first-order valence-electron chi connectivity index (χ1n) is 7.65. The van der Waals surface area contributed by atoms with Crippen molar-refractivity contribution in [1.82, 2.24) is 0 Å². The van der Waals surface area contributed by atoms with Gasteiger partial charge in [-0.3, -0.25) is 4.79 Å². The van der Waals surface area contributed by atoms with Crippen molar-refractivity contribution in [2.75, 3.05) is 6.61 Å². The third-order valence-electron chi connectivity index (χ3n) is 4.83. The van der Waals surface area contributed by atoms with Crippen LogP contribution in [0.2, 0.25) is 5.02 Å². The van der Waals surface area contributed by atoms with Crippen LogP contribution >= 0.6 is 11.6 Å². The first kappa shape index (κ1) is 17.9. The number of hydrogen-bond donors (Lipinski definition) is 2. The third kappa shape index (κ3) is 2.74. The van der Waals surface area contributed by atoms with Crippen LogP contribution in [0.4, 0.5) is 0 Å². The topological polar surface area (TPSA) is 91.7 Å². The van der Waals surface area contributed by atoms with Crippen LogP contribution in [0.5, 0.6) is 0 Å². The number of sulfone groups is 1.